The van der Waals surface area contributed by atoms with Crippen LogP contribution < -0.4 is 10.6 Å². The number of hydrogen-bond acceptors (Lipinski definition) is 2. The zero-order chi connectivity index (χ0) is 23.2. The van der Waals surface area contributed by atoms with Crippen LogP contribution in [0.2, 0.25) is 0 Å². The highest BCUT2D eigenvalue weighted by Crippen LogP contribution is 2.23. The van der Waals surface area contributed by atoms with Gasteiger partial charge < -0.3 is 15.2 Å². The number of aromatic nitrogens is 1. The summed E-state index contributed by atoms with van der Waals surface area (Å²) in [6.45, 7) is 3.09. The van der Waals surface area contributed by atoms with E-state index in [9.17, 15) is 14.0 Å². The van der Waals surface area contributed by atoms with Gasteiger partial charge in [0.1, 0.15) is 11.5 Å². The second kappa shape index (κ2) is 9.96. The topological polar surface area (TPSA) is 63.1 Å². The third-order valence-electron chi connectivity index (χ3n) is 5.37. The molecular formula is C27H24FN3O2. The lowest BCUT2D eigenvalue weighted by atomic mass is 10.1. The Labute approximate surface area is 191 Å². The fourth-order valence-corrected chi connectivity index (χ4v) is 3.67. The molecule has 1 aromatic heterocycles. The zero-order valence-corrected chi connectivity index (χ0v) is 18.2. The van der Waals surface area contributed by atoms with Crippen molar-refractivity contribution in [1.82, 2.24) is 15.2 Å². The SMILES string of the molecule is CCn1cc(C=C(NC(=O)c2ccccc2F)C(=O)NCc2ccccc2)c2ccccc21. The van der Waals surface area contributed by atoms with Gasteiger partial charge in [0.05, 0.1) is 5.56 Å². The average molecular weight is 442 g/mol. The first-order valence-corrected chi connectivity index (χ1v) is 10.7. The van der Waals surface area contributed by atoms with Crippen LogP contribution >= 0.6 is 0 Å². The lowest BCUT2D eigenvalue weighted by Gasteiger charge is -2.11. The van der Waals surface area contributed by atoms with E-state index in [-0.39, 0.29) is 11.3 Å². The van der Waals surface area contributed by atoms with E-state index in [0.717, 1.165) is 28.6 Å². The number of nitrogens with zero attached hydrogens (tertiary/aromatic N) is 1. The smallest absolute Gasteiger partial charge is 0.268 e. The van der Waals surface area contributed by atoms with Crippen LogP contribution in [0, 0.1) is 5.82 Å². The maximum Gasteiger partial charge on any atom is 0.268 e. The summed E-state index contributed by atoms with van der Waals surface area (Å²) in [6, 6.07) is 23.0. The first kappa shape index (κ1) is 22.0. The molecule has 166 valence electrons. The number of rotatable bonds is 7. The molecule has 0 unspecified atom stereocenters. The second-order valence-corrected chi connectivity index (χ2v) is 7.55. The Hall–Kier alpha value is -4.19. The van der Waals surface area contributed by atoms with Gasteiger partial charge in [-0.3, -0.25) is 9.59 Å². The van der Waals surface area contributed by atoms with E-state index in [0.29, 0.717) is 6.54 Å². The Bertz CT molecular complexity index is 1330. The van der Waals surface area contributed by atoms with Crippen LogP contribution in [-0.2, 0) is 17.9 Å². The summed E-state index contributed by atoms with van der Waals surface area (Å²) in [4.78, 5) is 25.9. The molecule has 2 N–H and O–H groups in total. The maximum atomic E-state index is 14.2. The summed E-state index contributed by atoms with van der Waals surface area (Å²) in [6.07, 6.45) is 3.57. The van der Waals surface area contributed by atoms with Crippen LogP contribution in [-0.4, -0.2) is 16.4 Å². The molecule has 0 fully saturated rings. The molecule has 4 rings (SSSR count). The van der Waals surface area contributed by atoms with E-state index in [4.69, 9.17) is 0 Å². The molecule has 0 aliphatic carbocycles. The van der Waals surface area contributed by atoms with Gasteiger partial charge in [0.25, 0.3) is 11.8 Å². The van der Waals surface area contributed by atoms with Gasteiger partial charge in [-0.25, -0.2) is 4.39 Å². The van der Waals surface area contributed by atoms with Gasteiger partial charge >= 0.3 is 0 Å². The molecule has 0 atom stereocenters. The number of fused-ring (bicyclic) bond motifs is 1. The molecule has 2 amide bonds. The molecule has 0 saturated carbocycles. The first-order valence-electron chi connectivity index (χ1n) is 10.7. The van der Waals surface area contributed by atoms with E-state index in [2.05, 4.69) is 15.2 Å². The van der Waals surface area contributed by atoms with Crippen molar-refractivity contribution in [3.8, 4) is 0 Å². The van der Waals surface area contributed by atoms with Crippen molar-refractivity contribution in [3.05, 3.63) is 113 Å². The minimum atomic E-state index is -0.687. The number of nitrogens with one attached hydrogen (secondary N) is 2. The van der Waals surface area contributed by atoms with Gasteiger partial charge in [-0.15, -0.1) is 0 Å². The predicted octanol–water partition coefficient (Wildman–Crippen LogP) is 4.89. The molecule has 6 heteroatoms. The number of aryl methyl sites for hydroxylation is 1. The van der Waals surface area contributed by atoms with Crippen LogP contribution in [0.5, 0.6) is 0 Å². The monoisotopic (exact) mass is 441 g/mol. The van der Waals surface area contributed by atoms with Crippen molar-refractivity contribution in [2.75, 3.05) is 0 Å². The van der Waals surface area contributed by atoms with Crippen molar-refractivity contribution in [3.63, 3.8) is 0 Å². The number of hydrogen-bond donors (Lipinski definition) is 2. The minimum Gasteiger partial charge on any atom is -0.347 e. The summed E-state index contributed by atoms with van der Waals surface area (Å²) in [5.74, 6) is -1.80. The quantitative estimate of drug-likeness (QED) is 0.401. The normalized spacial score (nSPS) is 11.4. The van der Waals surface area contributed by atoms with Crippen LogP contribution in [0.25, 0.3) is 17.0 Å². The van der Waals surface area contributed by atoms with Gasteiger partial charge in [0.2, 0.25) is 0 Å². The maximum absolute atomic E-state index is 14.2. The number of carbonyl (C=O) groups excluding carboxylic acids is 2. The molecule has 0 spiro atoms. The van der Waals surface area contributed by atoms with Crippen molar-refractivity contribution in [1.29, 1.82) is 0 Å². The number of amides is 2. The largest absolute Gasteiger partial charge is 0.347 e. The van der Waals surface area contributed by atoms with Crippen LogP contribution in [0.15, 0.2) is 90.8 Å². The lowest BCUT2D eigenvalue weighted by molar-refractivity contribution is -0.117. The summed E-state index contributed by atoms with van der Waals surface area (Å²) < 4.78 is 16.2. The number of carbonyl (C=O) groups is 2. The van der Waals surface area contributed by atoms with Crippen molar-refractivity contribution >= 4 is 28.8 Å². The van der Waals surface area contributed by atoms with Gasteiger partial charge in [0, 0.05) is 35.8 Å². The van der Waals surface area contributed by atoms with E-state index in [1.807, 2.05) is 67.7 Å². The highest BCUT2D eigenvalue weighted by molar-refractivity contribution is 6.06. The Morgan fingerprint density at radius 3 is 2.39 bits per heavy atom. The molecule has 1 heterocycles. The van der Waals surface area contributed by atoms with Gasteiger partial charge in [-0.1, -0.05) is 60.7 Å². The Kier molecular flexibility index (Phi) is 6.64. The third kappa shape index (κ3) is 5.01. The Morgan fingerprint density at radius 1 is 0.939 bits per heavy atom. The molecular weight excluding hydrogens is 417 g/mol. The first-order chi connectivity index (χ1) is 16.1. The van der Waals surface area contributed by atoms with Crippen LogP contribution in [0.3, 0.4) is 0 Å². The van der Waals surface area contributed by atoms with Crippen molar-refractivity contribution in [2.24, 2.45) is 0 Å². The fourth-order valence-electron chi connectivity index (χ4n) is 3.67. The van der Waals surface area contributed by atoms with E-state index >= 15 is 0 Å². The molecule has 33 heavy (non-hydrogen) atoms. The highest BCUT2D eigenvalue weighted by Gasteiger charge is 2.18. The predicted molar refractivity (Wildman–Crippen MR) is 128 cm³/mol. The van der Waals surface area contributed by atoms with Gasteiger partial charge in [0.15, 0.2) is 0 Å². The number of benzene rings is 3. The minimum absolute atomic E-state index is 0.0400. The van der Waals surface area contributed by atoms with Gasteiger partial charge in [-0.05, 0) is 36.8 Å². The molecule has 0 radical (unpaired) electrons. The lowest BCUT2D eigenvalue weighted by Crippen LogP contribution is -2.34. The van der Waals surface area contributed by atoms with Gasteiger partial charge in [-0.2, -0.15) is 0 Å². The molecule has 3 aromatic carbocycles. The van der Waals surface area contributed by atoms with Crippen molar-refractivity contribution < 1.29 is 14.0 Å². The number of para-hydroxylation sites is 1. The summed E-state index contributed by atoms with van der Waals surface area (Å²) in [7, 11) is 0. The Balaban J connectivity index is 1.68. The van der Waals surface area contributed by atoms with Crippen molar-refractivity contribution in [2.45, 2.75) is 20.0 Å². The summed E-state index contributed by atoms with van der Waals surface area (Å²) >= 11 is 0. The Morgan fingerprint density at radius 2 is 1.64 bits per heavy atom. The fraction of sp³-hybridized carbons (Fsp3) is 0.111. The molecule has 4 aromatic rings. The van der Waals surface area contributed by atoms with Crippen LogP contribution in [0.4, 0.5) is 4.39 Å². The highest BCUT2D eigenvalue weighted by atomic mass is 19.1. The average Bonchev–Trinajstić information content (AvgIpc) is 3.20. The molecule has 0 saturated heterocycles. The number of halogens is 1. The van der Waals surface area contributed by atoms with E-state index < -0.39 is 17.6 Å². The van der Waals surface area contributed by atoms with Crippen LogP contribution in [0.1, 0.15) is 28.4 Å². The van der Waals surface area contributed by atoms with E-state index in [1.54, 1.807) is 12.1 Å². The summed E-state index contributed by atoms with van der Waals surface area (Å²) in [5.41, 5.74) is 2.64. The molecule has 0 aliphatic rings. The second-order valence-electron chi connectivity index (χ2n) is 7.55. The molecule has 5 nitrogen and oxygen atoms in total. The standard InChI is InChI=1S/C27H24FN3O2/c1-2-31-18-20(21-12-7-9-15-25(21)31)16-24(27(33)29-17-19-10-4-3-5-11-19)30-26(32)22-13-6-8-14-23(22)28/h3-16,18H,2,17H2,1H3,(H,29,33)(H,30,32). The summed E-state index contributed by atoms with van der Waals surface area (Å²) in [5, 5.41) is 6.40. The zero-order valence-electron chi connectivity index (χ0n) is 18.2. The molecule has 0 aliphatic heterocycles. The van der Waals surface area contributed by atoms with E-state index in [1.165, 1.54) is 18.2 Å². The third-order valence-corrected chi connectivity index (χ3v) is 5.37. The molecule has 0 bridgehead atoms.